The van der Waals surface area contributed by atoms with E-state index < -0.39 is 65.7 Å². The highest BCUT2D eigenvalue weighted by Crippen LogP contribution is 2.67. The van der Waals surface area contributed by atoms with Gasteiger partial charge in [-0.2, -0.15) is 4.31 Å². The number of hydrogen-bond acceptors (Lipinski definition) is 11. The van der Waals surface area contributed by atoms with Crippen molar-refractivity contribution in [2.45, 2.75) is 31.8 Å². The summed E-state index contributed by atoms with van der Waals surface area (Å²) in [6.45, 7) is 0.229. The zero-order valence-electron chi connectivity index (χ0n) is 16.0. The molecule has 0 spiro atoms. The van der Waals surface area contributed by atoms with Crippen LogP contribution in [0.4, 0.5) is 0 Å². The molecule has 31 heavy (non-hydrogen) atoms. The van der Waals surface area contributed by atoms with Crippen molar-refractivity contribution in [3.05, 3.63) is 32.6 Å². The van der Waals surface area contributed by atoms with Crippen LogP contribution in [0.3, 0.4) is 0 Å². The molecule has 1 saturated heterocycles. The van der Waals surface area contributed by atoms with Crippen LogP contribution in [0.5, 0.6) is 0 Å². The van der Waals surface area contributed by atoms with Gasteiger partial charge in [0.05, 0.1) is 18.9 Å². The molecule has 0 saturated carbocycles. The molecule has 6 atom stereocenters. The lowest BCUT2D eigenvalue weighted by molar-refractivity contribution is -0.0450. The van der Waals surface area contributed by atoms with Gasteiger partial charge in [0.15, 0.2) is 0 Å². The Labute approximate surface area is 174 Å². The van der Waals surface area contributed by atoms with E-state index in [1.165, 1.54) is 13.1 Å². The van der Waals surface area contributed by atoms with E-state index in [2.05, 4.69) is 18.1 Å². The van der Waals surface area contributed by atoms with Gasteiger partial charge in [0.1, 0.15) is 12.3 Å². The lowest BCUT2D eigenvalue weighted by atomic mass is 10.2. The lowest BCUT2D eigenvalue weighted by Gasteiger charge is -2.20. The zero-order valence-corrected chi connectivity index (χ0v) is 18.7. The predicted octanol–water partition coefficient (Wildman–Crippen LogP) is -1.11. The van der Waals surface area contributed by atoms with E-state index in [-0.39, 0.29) is 18.5 Å². The van der Waals surface area contributed by atoms with Gasteiger partial charge in [0, 0.05) is 24.7 Å². The van der Waals surface area contributed by atoms with Crippen molar-refractivity contribution in [2.24, 2.45) is 5.73 Å². The topological polar surface area (TPSA) is 250 Å². The van der Waals surface area contributed by atoms with Gasteiger partial charge in [-0.15, -0.1) is 0 Å². The summed E-state index contributed by atoms with van der Waals surface area (Å²) in [5.41, 5.74) is 3.82. The molecule has 1 aliphatic rings. The Morgan fingerprint density at radius 1 is 1.23 bits per heavy atom. The first-order valence-corrected chi connectivity index (χ1v) is 13.3. The highest BCUT2D eigenvalue weighted by atomic mass is 31.3. The van der Waals surface area contributed by atoms with E-state index >= 15 is 0 Å². The molecule has 0 aromatic carbocycles. The lowest BCUT2D eigenvalue weighted by Crippen LogP contribution is -2.33. The highest BCUT2D eigenvalue weighted by molar-refractivity contribution is 7.68. The van der Waals surface area contributed by atoms with Crippen molar-refractivity contribution in [3.63, 3.8) is 0 Å². The van der Waals surface area contributed by atoms with Crippen molar-refractivity contribution in [2.75, 3.05) is 19.3 Å². The number of aliphatic hydroxyl groups excluding tert-OH is 1. The molecule has 2 heterocycles. The van der Waals surface area contributed by atoms with Gasteiger partial charge in [-0.25, -0.2) is 18.2 Å². The third kappa shape index (κ3) is 7.53. The summed E-state index contributed by atoms with van der Waals surface area (Å²) in [6.07, 6.45) is -3.27. The van der Waals surface area contributed by atoms with Crippen molar-refractivity contribution in [3.8, 4) is 0 Å². The molecule has 1 aliphatic heterocycles. The number of aliphatic hydroxyl groups is 1. The monoisotopic (exact) mass is 509 g/mol. The Morgan fingerprint density at radius 2 is 1.87 bits per heavy atom. The standard InChI is InChI=1S/C12H22N3O13P3/c1-7-5-15(12(18)14-11(7)17)10-4-8(16)9(26-10)6-25-30(21,22)28-31(23,24)27-29(19,20)3-2-13/h5,8-10,16H,2-4,6,13H2,1H3,(H,19,20)(H,21,22)(H,23,24)(H,14,17,18)/t8-,9+,10+/m0/s1. The normalized spacial score (nSPS) is 27.4. The van der Waals surface area contributed by atoms with Gasteiger partial charge in [0.2, 0.25) is 0 Å². The number of nitrogens with two attached hydrogens (primary N) is 1. The fourth-order valence-corrected chi connectivity index (χ4v) is 6.43. The summed E-state index contributed by atoms with van der Waals surface area (Å²) < 4.78 is 53.9. The molecule has 16 nitrogen and oxygen atoms in total. The molecule has 0 amide bonds. The van der Waals surface area contributed by atoms with Crippen LogP contribution < -0.4 is 17.0 Å². The number of aromatic amines is 1. The van der Waals surface area contributed by atoms with Crippen molar-refractivity contribution in [1.82, 2.24) is 9.55 Å². The van der Waals surface area contributed by atoms with Crippen molar-refractivity contribution < 1.29 is 51.4 Å². The fourth-order valence-electron chi connectivity index (χ4n) is 2.54. The SMILES string of the molecule is Cc1cn([C@H]2C[C@H](O)[C@@H](COP(=O)(O)OP(=O)(O)OP(=O)(O)CCN)O2)c(=O)[nH]c1=O. The number of aromatic nitrogens is 2. The average molecular weight is 509 g/mol. The summed E-state index contributed by atoms with van der Waals surface area (Å²) in [7, 11) is -15.5. The Bertz CT molecular complexity index is 1050. The Morgan fingerprint density at radius 3 is 2.48 bits per heavy atom. The number of phosphoric acid groups is 2. The van der Waals surface area contributed by atoms with Crippen LogP contribution >= 0.6 is 23.2 Å². The van der Waals surface area contributed by atoms with Gasteiger partial charge in [0.25, 0.3) is 5.56 Å². The van der Waals surface area contributed by atoms with Gasteiger partial charge >= 0.3 is 28.9 Å². The summed E-state index contributed by atoms with van der Waals surface area (Å²) in [6, 6.07) is 0. The first-order chi connectivity index (χ1) is 14.1. The first-order valence-electron chi connectivity index (χ1n) is 8.55. The Balaban J connectivity index is 2.01. The molecule has 178 valence electrons. The molecule has 1 aromatic heterocycles. The molecule has 3 unspecified atom stereocenters. The minimum absolute atomic E-state index is 0.148. The number of aryl methyl sites for hydroxylation is 1. The summed E-state index contributed by atoms with van der Waals surface area (Å²) in [4.78, 5) is 53.7. The van der Waals surface area contributed by atoms with Crippen LogP contribution in [0.15, 0.2) is 15.8 Å². The Hall–Kier alpha value is -0.990. The second-order valence-electron chi connectivity index (χ2n) is 6.46. The maximum atomic E-state index is 11.9. The second-order valence-corrected chi connectivity index (χ2v) is 11.6. The molecule has 0 bridgehead atoms. The quantitative estimate of drug-likeness (QED) is 0.205. The highest BCUT2D eigenvalue weighted by Gasteiger charge is 2.43. The number of nitrogens with zero attached hydrogens (tertiary/aromatic N) is 1. The molecule has 7 N–H and O–H groups in total. The van der Waals surface area contributed by atoms with Gasteiger partial charge < -0.3 is 30.3 Å². The van der Waals surface area contributed by atoms with Crippen LogP contribution in [0.25, 0.3) is 0 Å². The van der Waals surface area contributed by atoms with E-state index in [0.717, 1.165) is 4.57 Å². The summed E-state index contributed by atoms with van der Waals surface area (Å²) >= 11 is 0. The fraction of sp³-hybridized carbons (Fsp3) is 0.667. The van der Waals surface area contributed by atoms with Crippen molar-refractivity contribution in [1.29, 1.82) is 0 Å². The zero-order chi connectivity index (χ0) is 23.6. The van der Waals surface area contributed by atoms with Crippen LogP contribution in [-0.4, -0.2) is 60.9 Å². The molecule has 2 rings (SSSR count). The molecule has 1 fully saturated rings. The maximum Gasteiger partial charge on any atom is 0.488 e. The van der Waals surface area contributed by atoms with E-state index in [0.29, 0.717) is 0 Å². The van der Waals surface area contributed by atoms with Gasteiger partial charge in [-0.3, -0.25) is 23.4 Å². The molecule has 0 aliphatic carbocycles. The largest absolute Gasteiger partial charge is 0.488 e. The predicted molar refractivity (Wildman–Crippen MR) is 102 cm³/mol. The molecular formula is C12H22N3O13P3. The van der Waals surface area contributed by atoms with Crippen LogP contribution in [0, 0.1) is 6.92 Å². The van der Waals surface area contributed by atoms with E-state index in [1.54, 1.807) is 0 Å². The number of ether oxygens (including phenoxy) is 1. The number of nitrogens with one attached hydrogen (secondary N) is 1. The maximum absolute atomic E-state index is 11.9. The molecular weight excluding hydrogens is 487 g/mol. The van der Waals surface area contributed by atoms with E-state index in [1.807, 2.05) is 0 Å². The molecule has 19 heteroatoms. The van der Waals surface area contributed by atoms with Crippen LogP contribution in [-0.2, 0) is 31.6 Å². The first kappa shape index (κ1) is 26.3. The smallest absolute Gasteiger partial charge is 0.390 e. The van der Waals surface area contributed by atoms with Gasteiger partial charge in [-0.05, 0) is 6.92 Å². The minimum Gasteiger partial charge on any atom is -0.390 e. The van der Waals surface area contributed by atoms with E-state index in [9.17, 15) is 43.1 Å². The number of hydrogen-bond donors (Lipinski definition) is 6. The number of phosphoric ester groups is 1. The van der Waals surface area contributed by atoms with Gasteiger partial charge in [-0.1, -0.05) is 0 Å². The second kappa shape index (κ2) is 9.87. The number of H-pyrrole nitrogens is 1. The average Bonchev–Trinajstić information content (AvgIpc) is 2.94. The van der Waals surface area contributed by atoms with Crippen LogP contribution in [0.1, 0.15) is 18.2 Å². The number of rotatable bonds is 10. The summed E-state index contributed by atoms with van der Waals surface area (Å²) in [5.74, 6) is 0. The van der Waals surface area contributed by atoms with Crippen molar-refractivity contribution >= 4 is 23.2 Å². The Kier molecular flexibility index (Phi) is 8.37. The molecule has 0 radical (unpaired) electrons. The minimum atomic E-state index is -5.51. The summed E-state index contributed by atoms with van der Waals surface area (Å²) in [5, 5.41) is 10.1. The third-order valence-electron chi connectivity index (χ3n) is 3.91. The van der Waals surface area contributed by atoms with Crippen LogP contribution in [0.2, 0.25) is 0 Å². The third-order valence-corrected chi connectivity index (χ3v) is 8.71. The van der Waals surface area contributed by atoms with E-state index in [4.69, 9.17) is 10.5 Å². The molecule has 1 aromatic rings.